The topological polar surface area (TPSA) is 88.9 Å². The van der Waals surface area contributed by atoms with Crippen molar-refractivity contribution in [3.63, 3.8) is 0 Å². The zero-order valence-corrected chi connectivity index (χ0v) is 12.2. The molecule has 0 aliphatic carbocycles. The molecule has 0 spiro atoms. The average molecular weight is 339 g/mol. The summed E-state index contributed by atoms with van der Waals surface area (Å²) < 4.78 is 39.4. The van der Waals surface area contributed by atoms with E-state index in [0.717, 1.165) is 12.1 Å². The number of hydrogen-bond donors (Lipinski definition) is 2. The maximum Gasteiger partial charge on any atom is 0.416 e. The van der Waals surface area contributed by atoms with Gasteiger partial charge in [0.15, 0.2) is 0 Å². The standard InChI is InChI=1S/C14H12F3N5O2/c15-14(16,17)9-2-1-3-10(5-9)20-11(23)4-8-6-22-13(18-7-19-22)21-12(8)24/h1-3,5,7-8H,4,6H2,(H,20,23)(H,18,19,21,24)/t8-/m1/s1. The molecule has 1 aromatic carbocycles. The highest BCUT2D eigenvalue weighted by Gasteiger charge is 2.31. The molecule has 126 valence electrons. The lowest BCUT2D eigenvalue weighted by atomic mass is 10.0. The van der Waals surface area contributed by atoms with Crippen LogP contribution in [0.5, 0.6) is 0 Å². The van der Waals surface area contributed by atoms with E-state index in [1.165, 1.54) is 23.1 Å². The summed E-state index contributed by atoms with van der Waals surface area (Å²) >= 11 is 0. The van der Waals surface area contributed by atoms with Gasteiger partial charge in [-0.2, -0.15) is 23.3 Å². The fourth-order valence-electron chi connectivity index (χ4n) is 2.36. The van der Waals surface area contributed by atoms with E-state index in [1.54, 1.807) is 0 Å². The van der Waals surface area contributed by atoms with E-state index >= 15 is 0 Å². The number of halogens is 3. The second-order valence-electron chi connectivity index (χ2n) is 5.28. The van der Waals surface area contributed by atoms with E-state index in [1.807, 2.05) is 0 Å². The normalized spacial score (nSPS) is 17.1. The fourth-order valence-corrected chi connectivity index (χ4v) is 2.36. The maximum atomic E-state index is 12.7. The minimum Gasteiger partial charge on any atom is -0.326 e. The summed E-state index contributed by atoms with van der Waals surface area (Å²) in [5.41, 5.74) is -0.838. The summed E-state index contributed by atoms with van der Waals surface area (Å²) in [6.45, 7) is 0.178. The van der Waals surface area contributed by atoms with Crippen LogP contribution in [0, 0.1) is 5.92 Å². The van der Waals surface area contributed by atoms with Crippen LogP contribution in [0.1, 0.15) is 12.0 Å². The van der Waals surface area contributed by atoms with E-state index in [9.17, 15) is 22.8 Å². The van der Waals surface area contributed by atoms with Gasteiger partial charge in [-0.15, -0.1) is 0 Å². The lowest BCUT2D eigenvalue weighted by Gasteiger charge is -2.21. The van der Waals surface area contributed by atoms with E-state index in [2.05, 4.69) is 20.7 Å². The molecule has 0 fully saturated rings. The minimum atomic E-state index is -4.49. The Labute approximate surface area is 133 Å². The quantitative estimate of drug-likeness (QED) is 0.894. The van der Waals surface area contributed by atoms with Gasteiger partial charge in [-0.25, -0.2) is 4.68 Å². The van der Waals surface area contributed by atoms with Gasteiger partial charge in [-0.1, -0.05) is 6.07 Å². The number of alkyl halides is 3. The number of aromatic nitrogens is 3. The molecular weight excluding hydrogens is 327 g/mol. The van der Waals surface area contributed by atoms with Crippen LogP contribution >= 0.6 is 0 Å². The Bertz CT molecular complexity index is 787. The molecule has 7 nitrogen and oxygen atoms in total. The largest absolute Gasteiger partial charge is 0.416 e. The molecule has 3 rings (SSSR count). The Kier molecular flexibility index (Phi) is 3.96. The number of rotatable bonds is 3. The SMILES string of the molecule is O=C(C[C@@H]1Cn2ncnc2NC1=O)Nc1cccc(C(F)(F)F)c1. The van der Waals surface area contributed by atoms with Gasteiger partial charge in [0.2, 0.25) is 17.8 Å². The second kappa shape index (κ2) is 5.95. The summed E-state index contributed by atoms with van der Waals surface area (Å²) in [5.74, 6) is -1.31. The predicted octanol–water partition coefficient (Wildman–Crippen LogP) is 1.89. The first-order valence-electron chi connectivity index (χ1n) is 6.99. The minimum absolute atomic E-state index is 0.0208. The van der Waals surface area contributed by atoms with Gasteiger partial charge in [0.25, 0.3) is 0 Å². The van der Waals surface area contributed by atoms with Gasteiger partial charge in [0.05, 0.1) is 18.0 Å². The number of hydrogen-bond acceptors (Lipinski definition) is 4. The smallest absolute Gasteiger partial charge is 0.326 e. The Balaban J connectivity index is 1.65. The van der Waals surface area contributed by atoms with Crippen molar-refractivity contribution in [2.24, 2.45) is 5.92 Å². The van der Waals surface area contributed by atoms with Gasteiger partial charge < -0.3 is 5.32 Å². The van der Waals surface area contributed by atoms with E-state index in [4.69, 9.17) is 0 Å². The molecule has 1 aromatic heterocycles. The summed E-state index contributed by atoms with van der Waals surface area (Å²) in [6.07, 6.45) is -3.39. The van der Waals surface area contributed by atoms with E-state index in [-0.39, 0.29) is 24.6 Å². The van der Waals surface area contributed by atoms with Crippen LogP contribution in [0.3, 0.4) is 0 Å². The Morgan fingerprint density at radius 1 is 1.42 bits per heavy atom. The number of amides is 2. The molecule has 1 aliphatic rings. The molecule has 0 bridgehead atoms. The highest BCUT2D eigenvalue weighted by Crippen LogP contribution is 2.30. The van der Waals surface area contributed by atoms with Gasteiger partial charge in [-0.05, 0) is 18.2 Å². The zero-order valence-electron chi connectivity index (χ0n) is 12.2. The Morgan fingerprint density at radius 2 is 2.21 bits per heavy atom. The van der Waals surface area contributed by atoms with E-state index in [0.29, 0.717) is 5.95 Å². The van der Waals surface area contributed by atoms with Crippen LogP contribution in [0.25, 0.3) is 0 Å². The van der Waals surface area contributed by atoms with Gasteiger partial charge >= 0.3 is 6.18 Å². The van der Waals surface area contributed by atoms with E-state index < -0.39 is 23.6 Å². The van der Waals surface area contributed by atoms with Crippen molar-refractivity contribution in [1.29, 1.82) is 0 Å². The highest BCUT2D eigenvalue weighted by molar-refractivity contribution is 5.98. The Morgan fingerprint density at radius 3 is 2.96 bits per heavy atom. The second-order valence-corrected chi connectivity index (χ2v) is 5.28. The number of anilines is 2. The molecule has 0 saturated carbocycles. The van der Waals surface area contributed by atoms with Crippen molar-refractivity contribution >= 4 is 23.5 Å². The number of nitrogens with zero attached hydrogens (tertiary/aromatic N) is 3. The third-order valence-corrected chi connectivity index (χ3v) is 3.52. The first-order chi connectivity index (χ1) is 11.3. The Hall–Kier alpha value is -2.91. The molecule has 2 heterocycles. The lowest BCUT2D eigenvalue weighted by Crippen LogP contribution is -2.36. The number of carbonyl (C=O) groups is 2. The van der Waals surface area contributed by atoms with Crippen LogP contribution in [-0.4, -0.2) is 26.6 Å². The number of fused-ring (bicyclic) bond motifs is 1. The summed E-state index contributed by atoms with van der Waals surface area (Å²) in [7, 11) is 0. The van der Waals surface area contributed by atoms with Crippen LogP contribution < -0.4 is 10.6 Å². The van der Waals surface area contributed by atoms with Crippen molar-refractivity contribution in [1.82, 2.24) is 14.8 Å². The average Bonchev–Trinajstić information content (AvgIpc) is 2.94. The molecule has 2 aromatic rings. The maximum absolute atomic E-state index is 12.7. The van der Waals surface area contributed by atoms with Crippen LogP contribution in [-0.2, 0) is 22.3 Å². The van der Waals surface area contributed by atoms with Crippen molar-refractivity contribution < 1.29 is 22.8 Å². The monoisotopic (exact) mass is 339 g/mol. The molecule has 1 aliphatic heterocycles. The van der Waals surface area contributed by atoms with Crippen molar-refractivity contribution in [2.75, 3.05) is 10.6 Å². The fraction of sp³-hybridized carbons (Fsp3) is 0.286. The third-order valence-electron chi connectivity index (χ3n) is 3.52. The highest BCUT2D eigenvalue weighted by atomic mass is 19.4. The van der Waals surface area contributed by atoms with Crippen LogP contribution in [0.2, 0.25) is 0 Å². The van der Waals surface area contributed by atoms with Crippen molar-refractivity contribution in [2.45, 2.75) is 19.1 Å². The van der Waals surface area contributed by atoms with Crippen LogP contribution in [0.15, 0.2) is 30.6 Å². The molecular formula is C14H12F3N5O2. The molecule has 0 radical (unpaired) electrons. The van der Waals surface area contributed by atoms with Gasteiger partial charge in [0, 0.05) is 12.1 Å². The number of nitrogens with one attached hydrogen (secondary N) is 2. The first-order valence-corrected chi connectivity index (χ1v) is 6.99. The van der Waals surface area contributed by atoms with Gasteiger partial charge in [-0.3, -0.25) is 14.9 Å². The molecule has 2 N–H and O–H groups in total. The zero-order chi connectivity index (χ0) is 17.3. The predicted molar refractivity (Wildman–Crippen MR) is 76.8 cm³/mol. The van der Waals surface area contributed by atoms with Crippen LogP contribution in [0.4, 0.5) is 24.8 Å². The molecule has 1 atom stereocenters. The van der Waals surface area contributed by atoms with Crippen molar-refractivity contribution in [3.05, 3.63) is 36.2 Å². The van der Waals surface area contributed by atoms with Crippen molar-refractivity contribution in [3.8, 4) is 0 Å². The summed E-state index contributed by atoms with van der Waals surface area (Å²) in [5, 5.41) is 8.79. The molecule has 0 saturated heterocycles. The summed E-state index contributed by atoms with van der Waals surface area (Å²) in [4.78, 5) is 27.8. The molecule has 0 unspecified atom stereocenters. The van der Waals surface area contributed by atoms with Gasteiger partial charge in [0.1, 0.15) is 6.33 Å². The number of carbonyl (C=O) groups excluding carboxylic acids is 2. The molecule has 2 amide bonds. The number of benzene rings is 1. The molecule has 10 heteroatoms. The first kappa shape index (κ1) is 16.0. The summed E-state index contributed by atoms with van der Waals surface area (Å²) in [6, 6.07) is 4.31. The molecule has 24 heavy (non-hydrogen) atoms. The lowest BCUT2D eigenvalue weighted by molar-refractivity contribution is -0.137. The third kappa shape index (κ3) is 3.36.